The maximum atomic E-state index is 12.8. The predicted octanol–water partition coefficient (Wildman–Crippen LogP) is 0.416. The van der Waals surface area contributed by atoms with Crippen molar-refractivity contribution in [3.05, 3.63) is 18.0 Å². The molecule has 0 aromatic carbocycles. The van der Waals surface area contributed by atoms with Crippen LogP contribution in [-0.4, -0.2) is 78.0 Å². The van der Waals surface area contributed by atoms with E-state index in [2.05, 4.69) is 5.10 Å². The standard InChI is InChI=1S/C16H26N4O4S/c1-3-19-15(5-7-17-19)16(21)18-8-6-14-13(11-18)12-24-10-9-20(14)25(22,23)4-2/h5,7,13-14H,3-4,6,8-12H2,1-2H3. The molecular weight excluding hydrogens is 344 g/mol. The minimum absolute atomic E-state index is 0.000442. The predicted molar refractivity (Wildman–Crippen MR) is 92.7 cm³/mol. The Morgan fingerprint density at radius 2 is 2.16 bits per heavy atom. The van der Waals surface area contributed by atoms with Crippen LogP contribution in [0.4, 0.5) is 0 Å². The molecule has 1 aromatic heterocycles. The average molecular weight is 370 g/mol. The summed E-state index contributed by atoms with van der Waals surface area (Å²) in [5.41, 5.74) is 0.577. The summed E-state index contributed by atoms with van der Waals surface area (Å²) < 4.78 is 33.8. The van der Waals surface area contributed by atoms with E-state index in [1.54, 1.807) is 33.1 Å². The quantitative estimate of drug-likeness (QED) is 0.767. The Bertz CT molecular complexity index is 717. The Balaban J connectivity index is 1.77. The summed E-state index contributed by atoms with van der Waals surface area (Å²) >= 11 is 0. The summed E-state index contributed by atoms with van der Waals surface area (Å²) in [6.07, 6.45) is 2.27. The second-order valence-electron chi connectivity index (χ2n) is 6.49. The fourth-order valence-corrected chi connectivity index (χ4v) is 5.12. The summed E-state index contributed by atoms with van der Waals surface area (Å²) in [4.78, 5) is 14.6. The molecule has 9 heteroatoms. The first-order valence-corrected chi connectivity index (χ1v) is 10.5. The molecule has 0 bridgehead atoms. The van der Waals surface area contributed by atoms with E-state index < -0.39 is 10.0 Å². The molecular formula is C16H26N4O4S. The third-order valence-electron chi connectivity index (χ3n) is 5.10. The minimum Gasteiger partial charge on any atom is -0.380 e. The number of hydrogen-bond acceptors (Lipinski definition) is 5. The zero-order valence-electron chi connectivity index (χ0n) is 14.8. The molecule has 3 rings (SSSR count). The molecule has 25 heavy (non-hydrogen) atoms. The van der Waals surface area contributed by atoms with Crippen LogP contribution in [0, 0.1) is 5.92 Å². The highest BCUT2D eigenvalue weighted by Crippen LogP contribution is 2.28. The summed E-state index contributed by atoms with van der Waals surface area (Å²) in [7, 11) is -3.27. The lowest BCUT2D eigenvalue weighted by molar-refractivity contribution is 0.0457. The number of nitrogens with zero attached hydrogens (tertiary/aromatic N) is 4. The van der Waals surface area contributed by atoms with E-state index in [0.29, 0.717) is 51.5 Å². The number of aryl methyl sites for hydroxylation is 1. The number of carbonyl (C=O) groups is 1. The molecule has 2 fully saturated rings. The molecule has 1 aromatic rings. The smallest absolute Gasteiger partial charge is 0.272 e. The van der Waals surface area contributed by atoms with Crippen LogP contribution in [0.1, 0.15) is 30.8 Å². The lowest BCUT2D eigenvalue weighted by Gasteiger charge is -2.41. The highest BCUT2D eigenvalue weighted by atomic mass is 32.2. The molecule has 0 saturated carbocycles. The number of aromatic nitrogens is 2. The van der Waals surface area contributed by atoms with Gasteiger partial charge >= 0.3 is 0 Å². The van der Waals surface area contributed by atoms with E-state index in [0.717, 1.165) is 0 Å². The lowest BCUT2D eigenvalue weighted by atomic mass is 9.92. The van der Waals surface area contributed by atoms with Crippen LogP contribution in [0.5, 0.6) is 0 Å². The topological polar surface area (TPSA) is 84.7 Å². The van der Waals surface area contributed by atoms with Gasteiger partial charge in [0.1, 0.15) is 5.69 Å². The van der Waals surface area contributed by atoms with E-state index in [-0.39, 0.29) is 23.6 Å². The van der Waals surface area contributed by atoms with Crippen molar-refractivity contribution in [1.29, 1.82) is 0 Å². The molecule has 8 nitrogen and oxygen atoms in total. The number of carbonyl (C=O) groups excluding carboxylic acids is 1. The van der Waals surface area contributed by atoms with Crippen molar-refractivity contribution in [2.75, 3.05) is 38.6 Å². The van der Waals surface area contributed by atoms with Gasteiger partial charge < -0.3 is 9.64 Å². The van der Waals surface area contributed by atoms with Gasteiger partial charge in [-0.3, -0.25) is 9.48 Å². The fourth-order valence-electron chi connectivity index (χ4n) is 3.74. The van der Waals surface area contributed by atoms with Crippen LogP contribution in [0.3, 0.4) is 0 Å². The van der Waals surface area contributed by atoms with Crippen LogP contribution in [0.2, 0.25) is 0 Å². The normalized spacial score (nSPS) is 25.4. The molecule has 2 saturated heterocycles. The Hall–Kier alpha value is -1.45. The third kappa shape index (κ3) is 3.58. The minimum atomic E-state index is -3.27. The maximum absolute atomic E-state index is 12.8. The van der Waals surface area contributed by atoms with E-state index in [9.17, 15) is 13.2 Å². The van der Waals surface area contributed by atoms with E-state index in [1.165, 1.54) is 0 Å². The summed E-state index contributed by atoms with van der Waals surface area (Å²) in [5, 5.41) is 4.16. The molecule has 2 atom stereocenters. The Kier molecular flexibility index (Phi) is 5.45. The van der Waals surface area contributed by atoms with Crippen molar-refractivity contribution < 1.29 is 17.9 Å². The monoisotopic (exact) mass is 370 g/mol. The zero-order chi connectivity index (χ0) is 18.0. The molecule has 0 N–H and O–H groups in total. The van der Waals surface area contributed by atoms with Gasteiger partial charge in [0.2, 0.25) is 10.0 Å². The SMILES string of the molecule is CCn1nccc1C(=O)N1CCC2C(COCCN2S(=O)(=O)CC)C1. The van der Waals surface area contributed by atoms with Crippen molar-refractivity contribution in [2.45, 2.75) is 32.9 Å². The average Bonchev–Trinajstić information content (AvgIpc) is 2.99. The number of rotatable bonds is 4. The van der Waals surface area contributed by atoms with Crippen LogP contribution in [-0.2, 0) is 21.3 Å². The van der Waals surface area contributed by atoms with Crippen molar-refractivity contribution in [3.8, 4) is 0 Å². The van der Waals surface area contributed by atoms with E-state index in [4.69, 9.17) is 4.74 Å². The van der Waals surface area contributed by atoms with Gasteiger partial charge in [-0.25, -0.2) is 8.42 Å². The molecule has 3 heterocycles. The van der Waals surface area contributed by atoms with Crippen LogP contribution < -0.4 is 0 Å². The Labute approximate surface area is 148 Å². The first kappa shape index (κ1) is 18.3. The number of piperidine rings is 1. The Morgan fingerprint density at radius 3 is 2.88 bits per heavy atom. The highest BCUT2D eigenvalue weighted by molar-refractivity contribution is 7.89. The first-order chi connectivity index (χ1) is 12.0. The zero-order valence-corrected chi connectivity index (χ0v) is 15.6. The van der Waals surface area contributed by atoms with E-state index in [1.807, 2.05) is 6.92 Å². The number of amides is 1. The van der Waals surface area contributed by atoms with Crippen LogP contribution in [0.15, 0.2) is 12.3 Å². The summed E-state index contributed by atoms with van der Waals surface area (Å²) in [6.45, 7) is 6.59. The van der Waals surface area contributed by atoms with Gasteiger partial charge in [-0.05, 0) is 26.3 Å². The summed E-state index contributed by atoms with van der Waals surface area (Å²) in [5.74, 6) is 0.0422. The number of sulfonamides is 1. The number of ether oxygens (including phenoxy) is 1. The molecule has 2 unspecified atom stereocenters. The summed E-state index contributed by atoms with van der Waals surface area (Å²) in [6, 6.07) is 1.64. The molecule has 0 radical (unpaired) electrons. The first-order valence-electron chi connectivity index (χ1n) is 8.86. The number of hydrogen-bond donors (Lipinski definition) is 0. The molecule has 0 spiro atoms. The Morgan fingerprint density at radius 1 is 1.36 bits per heavy atom. The molecule has 1 amide bonds. The second kappa shape index (κ2) is 7.43. The number of likely N-dealkylation sites (tertiary alicyclic amines) is 1. The third-order valence-corrected chi connectivity index (χ3v) is 6.99. The van der Waals surface area contributed by atoms with Crippen molar-refractivity contribution in [2.24, 2.45) is 5.92 Å². The van der Waals surface area contributed by atoms with Crippen molar-refractivity contribution in [3.63, 3.8) is 0 Å². The molecule has 2 aliphatic rings. The van der Waals surface area contributed by atoms with E-state index >= 15 is 0 Å². The van der Waals surface area contributed by atoms with Crippen LogP contribution >= 0.6 is 0 Å². The van der Waals surface area contributed by atoms with Crippen molar-refractivity contribution in [1.82, 2.24) is 19.0 Å². The van der Waals surface area contributed by atoms with Crippen LogP contribution in [0.25, 0.3) is 0 Å². The van der Waals surface area contributed by atoms with Gasteiger partial charge in [-0.1, -0.05) is 0 Å². The highest BCUT2D eigenvalue weighted by Gasteiger charge is 2.41. The lowest BCUT2D eigenvalue weighted by Crippen LogP contribution is -2.54. The van der Waals surface area contributed by atoms with Gasteiger partial charge in [0, 0.05) is 44.3 Å². The second-order valence-corrected chi connectivity index (χ2v) is 8.70. The molecule has 2 aliphatic heterocycles. The molecule has 140 valence electrons. The van der Waals surface area contributed by atoms with Gasteiger partial charge in [0.05, 0.1) is 19.0 Å². The maximum Gasteiger partial charge on any atom is 0.272 e. The van der Waals surface area contributed by atoms with Gasteiger partial charge in [0.15, 0.2) is 0 Å². The fraction of sp³-hybridized carbons (Fsp3) is 0.750. The largest absolute Gasteiger partial charge is 0.380 e. The van der Waals surface area contributed by atoms with Crippen molar-refractivity contribution >= 4 is 15.9 Å². The van der Waals surface area contributed by atoms with Gasteiger partial charge in [-0.2, -0.15) is 9.40 Å². The number of fused-ring (bicyclic) bond motifs is 1. The van der Waals surface area contributed by atoms with Gasteiger partial charge in [-0.15, -0.1) is 0 Å². The van der Waals surface area contributed by atoms with Gasteiger partial charge in [0.25, 0.3) is 5.91 Å². The molecule has 0 aliphatic carbocycles.